The van der Waals surface area contributed by atoms with Crippen LogP contribution in [0.5, 0.6) is 5.75 Å². The number of carbonyl (C=O) groups is 2. The van der Waals surface area contributed by atoms with Crippen molar-refractivity contribution in [3.8, 4) is 5.75 Å². The standard InChI is InChI=1S/C18H12BrCl2NO4/c1-9(23)26-11-3-5-15-12(7-11)16(19)17(18(24)25)22(15)8-10-2-4-13(20)14(21)6-10/h2-7H,8H2,1H3,(H,24,25). The summed E-state index contributed by atoms with van der Waals surface area (Å²) in [5.74, 6) is -1.19. The average Bonchev–Trinajstić information content (AvgIpc) is 2.82. The molecule has 3 rings (SSSR count). The molecule has 0 radical (unpaired) electrons. The van der Waals surface area contributed by atoms with E-state index in [-0.39, 0.29) is 12.2 Å². The Hall–Kier alpha value is -2.02. The summed E-state index contributed by atoms with van der Waals surface area (Å²) in [6, 6.07) is 10.1. The van der Waals surface area contributed by atoms with Gasteiger partial charge in [0.2, 0.25) is 0 Å². The van der Waals surface area contributed by atoms with Gasteiger partial charge in [0.1, 0.15) is 11.4 Å². The normalized spacial score (nSPS) is 10.9. The van der Waals surface area contributed by atoms with Crippen LogP contribution in [-0.4, -0.2) is 21.6 Å². The average molecular weight is 457 g/mol. The van der Waals surface area contributed by atoms with Gasteiger partial charge >= 0.3 is 11.9 Å². The number of carboxylic acids is 1. The van der Waals surface area contributed by atoms with Crippen molar-refractivity contribution in [2.45, 2.75) is 13.5 Å². The smallest absolute Gasteiger partial charge is 0.353 e. The zero-order valence-electron chi connectivity index (χ0n) is 13.4. The molecule has 0 bridgehead atoms. The number of fused-ring (bicyclic) bond motifs is 1. The van der Waals surface area contributed by atoms with Crippen molar-refractivity contribution in [3.63, 3.8) is 0 Å². The molecule has 1 aromatic heterocycles. The molecule has 0 atom stereocenters. The lowest BCUT2D eigenvalue weighted by atomic mass is 10.2. The summed E-state index contributed by atoms with van der Waals surface area (Å²) in [6.07, 6.45) is 0. The fraction of sp³-hybridized carbons (Fsp3) is 0.111. The Morgan fingerprint density at radius 3 is 2.50 bits per heavy atom. The number of rotatable bonds is 4. The number of carbonyl (C=O) groups excluding carboxylic acids is 1. The maximum atomic E-state index is 11.8. The van der Waals surface area contributed by atoms with Gasteiger partial charge in [-0.05, 0) is 51.8 Å². The Morgan fingerprint density at radius 1 is 1.15 bits per heavy atom. The molecule has 0 spiro atoms. The summed E-state index contributed by atoms with van der Waals surface area (Å²) in [4.78, 5) is 23.0. The Kier molecular flexibility index (Phi) is 5.27. The second kappa shape index (κ2) is 7.31. The number of hydrogen-bond acceptors (Lipinski definition) is 3. The van der Waals surface area contributed by atoms with E-state index in [1.54, 1.807) is 41.0 Å². The zero-order chi connectivity index (χ0) is 19.0. The highest BCUT2D eigenvalue weighted by atomic mass is 79.9. The van der Waals surface area contributed by atoms with Crippen molar-refractivity contribution >= 4 is 62.0 Å². The van der Waals surface area contributed by atoms with Gasteiger partial charge in [0, 0.05) is 18.9 Å². The third kappa shape index (κ3) is 3.58. The monoisotopic (exact) mass is 455 g/mol. The van der Waals surface area contributed by atoms with Crippen LogP contribution in [-0.2, 0) is 11.3 Å². The van der Waals surface area contributed by atoms with Crippen molar-refractivity contribution in [3.05, 3.63) is 62.2 Å². The SMILES string of the molecule is CC(=O)Oc1ccc2c(c1)c(Br)c(C(=O)O)n2Cc1ccc(Cl)c(Cl)c1. The number of esters is 1. The lowest BCUT2D eigenvalue weighted by molar-refractivity contribution is -0.131. The molecular formula is C18H12BrCl2NO4. The van der Waals surface area contributed by atoms with Crippen molar-refractivity contribution < 1.29 is 19.4 Å². The highest BCUT2D eigenvalue weighted by molar-refractivity contribution is 9.10. The highest BCUT2D eigenvalue weighted by Crippen LogP contribution is 2.35. The molecule has 134 valence electrons. The molecule has 0 fully saturated rings. The molecule has 1 N–H and O–H groups in total. The van der Waals surface area contributed by atoms with Crippen molar-refractivity contribution in [1.82, 2.24) is 4.57 Å². The third-order valence-corrected chi connectivity index (χ3v) is 5.30. The van der Waals surface area contributed by atoms with E-state index < -0.39 is 11.9 Å². The fourth-order valence-electron chi connectivity index (χ4n) is 2.72. The number of aromatic carboxylic acids is 1. The predicted octanol–water partition coefficient (Wildman–Crippen LogP) is 5.38. The number of nitrogens with zero attached hydrogens (tertiary/aromatic N) is 1. The molecular weight excluding hydrogens is 445 g/mol. The van der Waals surface area contributed by atoms with Crippen LogP contribution in [0.2, 0.25) is 10.0 Å². The summed E-state index contributed by atoms with van der Waals surface area (Å²) < 4.78 is 7.15. The number of benzene rings is 2. The largest absolute Gasteiger partial charge is 0.477 e. The molecule has 2 aromatic carbocycles. The molecule has 0 aliphatic carbocycles. The van der Waals surface area contributed by atoms with Crippen LogP contribution in [0, 0.1) is 0 Å². The van der Waals surface area contributed by atoms with Crippen molar-refractivity contribution in [2.24, 2.45) is 0 Å². The van der Waals surface area contributed by atoms with E-state index in [4.69, 9.17) is 27.9 Å². The molecule has 5 nitrogen and oxygen atoms in total. The van der Waals surface area contributed by atoms with Crippen LogP contribution in [0.1, 0.15) is 23.0 Å². The number of carboxylic acid groups (broad SMARTS) is 1. The first-order chi connectivity index (χ1) is 12.3. The van der Waals surface area contributed by atoms with Gasteiger partial charge in [0.25, 0.3) is 0 Å². The molecule has 0 unspecified atom stereocenters. The molecule has 8 heteroatoms. The second-order valence-corrected chi connectivity index (χ2v) is 7.18. The van der Waals surface area contributed by atoms with Crippen molar-refractivity contribution in [1.29, 1.82) is 0 Å². The summed E-state index contributed by atoms with van der Waals surface area (Å²) in [6.45, 7) is 1.59. The quantitative estimate of drug-likeness (QED) is 0.422. The van der Waals surface area contributed by atoms with E-state index in [0.29, 0.717) is 31.2 Å². The molecule has 0 saturated carbocycles. The highest BCUT2D eigenvalue weighted by Gasteiger charge is 2.22. The first kappa shape index (κ1) is 18.8. The van der Waals surface area contributed by atoms with E-state index in [9.17, 15) is 14.7 Å². The second-order valence-electron chi connectivity index (χ2n) is 5.57. The molecule has 3 aromatic rings. The van der Waals surface area contributed by atoms with E-state index in [1.165, 1.54) is 6.92 Å². The molecule has 0 amide bonds. The van der Waals surface area contributed by atoms with Gasteiger partial charge in [-0.1, -0.05) is 29.3 Å². The van der Waals surface area contributed by atoms with Crippen LogP contribution >= 0.6 is 39.1 Å². The van der Waals surface area contributed by atoms with Crippen LogP contribution in [0.25, 0.3) is 10.9 Å². The Bertz CT molecular complexity index is 1050. The number of halogens is 3. The lowest BCUT2D eigenvalue weighted by Gasteiger charge is -2.10. The van der Waals surface area contributed by atoms with Crippen LogP contribution in [0.15, 0.2) is 40.9 Å². The molecule has 0 saturated heterocycles. The van der Waals surface area contributed by atoms with E-state index >= 15 is 0 Å². The Morgan fingerprint density at radius 2 is 1.88 bits per heavy atom. The first-order valence-corrected chi connectivity index (χ1v) is 9.00. The Labute approximate surface area is 167 Å². The Balaban J connectivity index is 2.16. The third-order valence-electron chi connectivity index (χ3n) is 3.76. The van der Waals surface area contributed by atoms with Gasteiger partial charge in [0.15, 0.2) is 0 Å². The summed E-state index contributed by atoms with van der Waals surface area (Å²) in [5, 5.41) is 11.1. The number of aromatic nitrogens is 1. The summed E-state index contributed by atoms with van der Waals surface area (Å²) in [5.41, 5.74) is 1.57. The van der Waals surface area contributed by atoms with Gasteiger partial charge in [0.05, 0.1) is 20.0 Å². The first-order valence-electron chi connectivity index (χ1n) is 7.45. The zero-order valence-corrected chi connectivity index (χ0v) is 16.5. The van der Waals surface area contributed by atoms with Crippen LogP contribution in [0.3, 0.4) is 0 Å². The fourth-order valence-corrected chi connectivity index (χ4v) is 3.74. The van der Waals surface area contributed by atoms with Gasteiger partial charge in [-0.25, -0.2) is 4.79 Å². The van der Waals surface area contributed by atoms with Gasteiger partial charge in [-0.15, -0.1) is 0 Å². The van der Waals surface area contributed by atoms with Gasteiger partial charge in [-0.2, -0.15) is 0 Å². The molecule has 0 aliphatic heterocycles. The number of hydrogen-bond donors (Lipinski definition) is 1. The van der Waals surface area contributed by atoms with Crippen LogP contribution in [0.4, 0.5) is 0 Å². The summed E-state index contributed by atoms with van der Waals surface area (Å²) in [7, 11) is 0. The van der Waals surface area contributed by atoms with E-state index in [0.717, 1.165) is 5.56 Å². The minimum absolute atomic E-state index is 0.0889. The topological polar surface area (TPSA) is 68.5 Å². The van der Waals surface area contributed by atoms with E-state index in [2.05, 4.69) is 15.9 Å². The minimum Gasteiger partial charge on any atom is -0.477 e. The van der Waals surface area contributed by atoms with Crippen molar-refractivity contribution in [2.75, 3.05) is 0 Å². The van der Waals surface area contributed by atoms with E-state index in [1.807, 2.05) is 0 Å². The van der Waals surface area contributed by atoms with Gasteiger partial charge < -0.3 is 14.4 Å². The minimum atomic E-state index is -1.08. The predicted molar refractivity (Wildman–Crippen MR) is 103 cm³/mol. The molecule has 1 heterocycles. The molecule has 26 heavy (non-hydrogen) atoms. The number of ether oxygens (including phenoxy) is 1. The summed E-state index contributed by atoms with van der Waals surface area (Å²) >= 11 is 15.4. The maximum absolute atomic E-state index is 11.8. The molecule has 0 aliphatic rings. The van der Waals surface area contributed by atoms with Crippen LogP contribution < -0.4 is 4.74 Å². The lowest BCUT2D eigenvalue weighted by Crippen LogP contribution is -2.10. The maximum Gasteiger partial charge on any atom is 0.353 e. The van der Waals surface area contributed by atoms with Gasteiger partial charge in [-0.3, -0.25) is 4.79 Å².